The zero-order valence-corrected chi connectivity index (χ0v) is 22.5. The number of benzene rings is 4. The Morgan fingerprint density at radius 2 is 1.08 bits per heavy atom. The molecule has 0 nitrogen and oxygen atoms in total. The lowest BCUT2D eigenvalue weighted by Crippen LogP contribution is -2.30. The van der Waals surface area contributed by atoms with Crippen molar-refractivity contribution in [3.05, 3.63) is 137 Å². The molecule has 0 saturated carbocycles. The van der Waals surface area contributed by atoms with Crippen molar-refractivity contribution in [2.45, 2.75) is 39.5 Å². The lowest BCUT2D eigenvalue weighted by molar-refractivity contribution is 0.275. The first-order chi connectivity index (χ1) is 17.5. The fourth-order valence-electron chi connectivity index (χ4n) is 6.93. The predicted molar refractivity (Wildman–Crippen MR) is 158 cm³/mol. The molecule has 1 heteroatoms. The van der Waals surface area contributed by atoms with Gasteiger partial charge >= 0.3 is 0 Å². The molecule has 6 rings (SSSR count). The van der Waals surface area contributed by atoms with Crippen molar-refractivity contribution >= 4 is 36.0 Å². The number of hydrogen-bond acceptors (Lipinski definition) is 0. The average Bonchev–Trinajstić information content (AvgIpc) is 3.42. The van der Waals surface area contributed by atoms with E-state index < -0.39 is 7.92 Å². The molecule has 0 N–H and O–H groups in total. The van der Waals surface area contributed by atoms with Gasteiger partial charge in [-0.2, -0.15) is 0 Å². The summed E-state index contributed by atoms with van der Waals surface area (Å²) in [6.45, 7) is 9.64. The molecule has 0 radical (unpaired) electrons. The van der Waals surface area contributed by atoms with Crippen LogP contribution in [0.25, 0.3) is 12.2 Å². The molecule has 2 aliphatic carbocycles. The van der Waals surface area contributed by atoms with Gasteiger partial charge in [-0.3, -0.25) is 0 Å². The van der Waals surface area contributed by atoms with E-state index in [1.54, 1.807) is 0 Å². The van der Waals surface area contributed by atoms with Gasteiger partial charge in [0.25, 0.3) is 0 Å². The molecular weight excluding hydrogens is 451 g/mol. The standard InChI is InChI=1S/C35H33P/c1-24-22-26-14-11-12-19-29(26)33(24)35(3,4)34-25(2)23-31-30(34)20-13-21-32(31)36(27-15-7-5-8-16-27)28-17-9-6-10-18-28/h5-23,33-34H,1-4H3. The molecule has 0 aromatic heterocycles. The Kier molecular flexibility index (Phi) is 5.82. The van der Waals surface area contributed by atoms with Gasteiger partial charge < -0.3 is 0 Å². The summed E-state index contributed by atoms with van der Waals surface area (Å²) >= 11 is 0. The fraction of sp³-hybridized carbons (Fsp3) is 0.200. The minimum atomic E-state index is -0.640. The van der Waals surface area contributed by atoms with Gasteiger partial charge in [0.05, 0.1) is 0 Å². The second-order valence-electron chi connectivity index (χ2n) is 10.9. The van der Waals surface area contributed by atoms with Gasteiger partial charge in [0.1, 0.15) is 0 Å². The normalized spacial score (nSPS) is 18.6. The smallest absolute Gasteiger partial charge is 0.0115 e. The second kappa shape index (κ2) is 9.02. The highest BCUT2D eigenvalue weighted by atomic mass is 31.1. The maximum absolute atomic E-state index is 2.50. The van der Waals surface area contributed by atoms with Gasteiger partial charge in [-0.1, -0.05) is 140 Å². The van der Waals surface area contributed by atoms with Crippen molar-refractivity contribution in [1.29, 1.82) is 0 Å². The van der Waals surface area contributed by atoms with Crippen molar-refractivity contribution in [3.63, 3.8) is 0 Å². The summed E-state index contributed by atoms with van der Waals surface area (Å²) in [5, 5.41) is 4.28. The summed E-state index contributed by atoms with van der Waals surface area (Å²) in [5.41, 5.74) is 8.82. The van der Waals surface area contributed by atoms with Crippen LogP contribution in [0.4, 0.5) is 0 Å². The van der Waals surface area contributed by atoms with Gasteiger partial charge in [0.15, 0.2) is 0 Å². The quantitative estimate of drug-likeness (QED) is 0.251. The molecule has 0 spiro atoms. The molecule has 0 aliphatic heterocycles. The molecule has 0 saturated heterocycles. The Hall–Kier alpha value is -3.21. The average molecular weight is 485 g/mol. The molecular formula is C35H33P. The van der Waals surface area contributed by atoms with E-state index in [0.29, 0.717) is 11.8 Å². The van der Waals surface area contributed by atoms with E-state index in [2.05, 4.69) is 143 Å². The number of rotatable bonds is 5. The van der Waals surface area contributed by atoms with E-state index >= 15 is 0 Å². The summed E-state index contributed by atoms with van der Waals surface area (Å²) in [6.07, 6.45) is 4.90. The monoisotopic (exact) mass is 484 g/mol. The van der Waals surface area contributed by atoms with Crippen molar-refractivity contribution < 1.29 is 0 Å². The van der Waals surface area contributed by atoms with Gasteiger partial charge in [-0.25, -0.2) is 0 Å². The number of hydrogen-bond donors (Lipinski definition) is 0. The summed E-state index contributed by atoms with van der Waals surface area (Å²) in [5.74, 6) is 0.803. The van der Waals surface area contributed by atoms with Crippen LogP contribution in [0.15, 0.2) is 114 Å². The molecule has 0 amide bonds. The Morgan fingerprint density at radius 1 is 0.556 bits per heavy atom. The first-order valence-corrected chi connectivity index (χ1v) is 14.3. The molecule has 4 aromatic carbocycles. The van der Waals surface area contributed by atoms with Crippen LogP contribution in [0.2, 0.25) is 0 Å². The van der Waals surface area contributed by atoms with Crippen molar-refractivity contribution in [2.75, 3.05) is 0 Å². The van der Waals surface area contributed by atoms with Crippen LogP contribution in [0.3, 0.4) is 0 Å². The zero-order valence-electron chi connectivity index (χ0n) is 21.6. The van der Waals surface area contributed by atoms with Crippen molar-refractivity contribution in [1.82, 2.24) is 0 Å². The molecule has 178 valence electrons. The summed E-state index contributed by atoms with van der Waals surface area (Å²) < 4.78 is 0. The highest BCUT2D eigenvalue weighted by Gasteiger charge is 2.45. The molecule has 2 unspecified atom stereocenters. The van der Waals surface area contributed by atoms with E-state index in [1.165, 1.54) is 49.3 Å². The number of allylic oxidation sites excluding steroid dienone is 2. The van der Waals surface area contributed by atoms with Gasteiger partial charge in [-0.05, 0) is 65.4 Å². The summed E-state index contributed by atoms with van der Waals surface area (Å²) in [7, 11) is -0.640. The van der Waals surface area contributed by atoms with E-state index in [1.807, 2.05) is 0 Å². The molecule has 36 heavy (non-hydrogen) atoms. The minimum Gasteiger partial charge on any atom is -0.0646 e. The molecule has 0 fully saturated rings. The predicted octanol–water partition coefficient (Wildman–Crippen LogP) is 8.17. The van der Waals surface area contributed by atoms with Crippen LogP contribution in [-0.4, -0.2) is 0 Å². The third-order valence-corrected chi connectivity index (χ3v) is 10.7. The van der Waals surface area contributed by atoms with Crippen LogP contribution >= 0.6 is 7.92 Å². The Balaban J connectivity index is 1.49. The topological polar surface area (TPSA) is 0 Å². The maximum atomic E-state index is 2.50. The molecule has 2 atom stereocenters. The van der Waals surface area contributed by atoms with Crippen LogP contribution in [0.5, 0.6) is 0 Å². The number of fused-ring (bicyclic) bond motifs is 2. The van der Waals surface area contributed by atoms with Crippen LogP contribution < -0.4 is 15.9 Å². The van der Waals surface area contributed by atoms with Crippen LogP contribution in [0, 0.1) is 5.41 Å². The molecule has 0 heterocycles. The van der Waals surface area contributed by atoms with E-state index in [-0.39, 0.29) is 5.41 Å². The Morgan fingerprint density at radius 3 is 1.75 bits per heavy atom. The summed E-state index contributed by atoms with van der Waals surface area (Å²) in [6, 6.07) is 38.2. The zero-order chi connectivity index (χ0) is 24.9. The largest absolute Gasteiger partial charge is 0.0646 e. The van der Waals surface area contributed by atoms with E-state index in [0.717, 1.165) is 0 Å². The lowest BCUT2D eigenvalue weighted by atomic mass is 9.63. The van der Waals surface area contributed by atoms with Gasteiger partial charge in [0.2, 0.25) is 0 Å². The van der Waals surface area contributed by atoms with Crippen LogP contribution in [0.1, 0.15) is 61.8 Å². The highest BCUT2D eigenvalue weighted by molar-refractivity contribution is 7.80. The SMILES string of the molecule is CC1=Cc2ccccc2C1C(C)(C)C1C(C)=Cc2c1cccc2P(c1ccccc1)c1ccccc1. The van der Waals surface area contributed by atoms with Gasteiger partial charge in [0, 0.05) is 11.8 Å². The first kappa shape index (κ1) is 23.2. The molecule has 4 aromatic rings. The minimum absolute atomic E-state index is 0.0554. The third kappa shape index (κ3) is 3.71. The maximum Gasteiger partial charge on any atom is 0.0115 e. The Bertz CT molecular complexity index is 1430. The summed E-state index contributed by atoms with van der Waals surface area (Å²) in [4.78, 5) is 0. The lowest BCUT2D eigenvalue weighted by Gasteiger charge is -2.41. The molecule has 0 bridgehead atoms. The van der Waals surface area contributed by atoms with Gasteiger partial charge in [-0.15, -0.1) is 0 Å². The van der Waals surface area contributed by atoms with E-state index in [9.17, 15) is 0 Å². The van der Waals surface area contributed by atoms with Crippen molar-refractivity contribution in [3.8, 4) is 0 Å². The third-order valence-electron chi connectivity index (χ3n) is 8.16. The fourth-order valence-corrected chi connectivity index (χ4v) is 9.40. The highest BCUT2D eigenvalue weighted by Crippen LogP contribution is 2.58. The Labute approximate surface area is 217 Å². The molecule has 2 aliphatic rings. The first-order valence-electron chi connectivity index (χ1n) is 13.0. The van der Waals surface area contributed by atoms with Crippen LogP contribution in [-0.2, 0) is 0 Å². The van der Waals surface area contributed by atoms with Crippen molar-refractivity contribution in [2.24, 2.45) is 5.41 Å². The second-order valence-corrected chi connectivity index (χ2v) is 13.1. The van der Waals surface area contributed by atoms with E-state index in [4.69, 9.17) is 0 Å².